The highest BCUT2D eigenvalue weighted by Gasteiger charge is 2.36. The number of benzene rings is 1. The number of likely N-dealkylation sites (tertiary alicyclic amines) is 1. The zero-order valence-corrected chi connectivity index (χ0v) is 15.5. The van der Waals surface area contributed by atoms with E-state index in [1.54, 1.807) is 7.11 Å². The quantitative estimate of drug-likeness (QED) is 0.825. The summed E-state index contributed by atoms with van der Waals surface area (Å²) >= 11 is 0. The Morgan fingerprint density at radius 1 is 1.20 bits per heavy atom. The van der Waals surface area contributed by atoms with E-state index in [2.05, 4.69) is 34.5 Å². The summed E-state index contributed by atoms with van der Waals surface area (Å²) in [5.74, 6) is 0.206. The third-order valence-corrected chi connectivity index (χ3v) is 5.90. The van der Waals surface area contributed by atoms with Crippen molar-refractivity contribution in [1.29, 1.82) is 0 Å². The highest BCUT2D eigenvalue weighted by molar-refractivity contribution is 5.81. The van der Waals surface area contributed by atoms with Crippen molar-refractivity contribution in [3.8, 4) is 0 Å². The van der Waals surface area contributed by atoms with Gasteiger partial charge in [0, 0.05) is 25.6 Å². The van der Waals surface area contributed by atoms with Gasteiger partial charge in [-0.1, -0.05) is 49.6 Å². The molecule has 1 aromatic rings. The lowest BCUT2D eigenvalue weighted by atomic mass is 9.87. The van der Waals surface area contributed by atoms with Gasteiger partial charge in [0.05, 0.1) is 12.6 Å². The van der Waals surface area contributed by atoms with Gasteiger partial charge < -0.3 is 10.1 Å². The molecule has 0 spiro atoms. The van der Waals surface area contributed by atoms with Crippen LogP contribution in [0, 0.1) is 5.41 Å². The largest absolute Gasteiger partial charge is 0.384 e. The molecule has 2 aliphatic rings. The number of carbonyl (C=O) groups is 1. The number of carbonyl (C=O) groups excluding carboxylic acids is 1. The number of piperidine rings is 1. The van der Waals surface area contributed by atoms with Crippen LogP contribution in [0.15, 0.2) is 30.3 Å². The summed E-state index contributed by atoms with van der Waals surface area (Å²) < 4.78 is 5.45. The monoisotopic (exact) mass is 344 g/mol. The second-order valence-corrected chi connectivity index (χ2v) is 7.83. The molecule has 0 bridgehead atoms. The predicted octanol–water partition coefficient (Wildman–Crippen LogP) is 3.36. The van der Waals surface area contributed by atoms with Gasteiger partial charge in [0.15, 0.2) is 0 Å². The lowest BCUT2D eigenvalue weighted by molar-refractivity contribution is -0.128. The molecule has 1 amide bonds. The standard InChI is InChI=1S/C21H32N2O2/c1-25-17-21(12-6-7-13-21)16-22-20(24)19-11-5-8-14-23(19)15-18-9-3-2-4-10-18/h2-4,9-10,19H,5-8,11-17H2,1H3,(H,22,24)/t19-/m0/s1. The van der Waals surface area contributed by atoms with E-state index in [0.29, 0.717) is 0 Å². The Balaban J connectivity index is 1.58. The Labute approximate surface area is 151 Å². The molecule has 3 rings (SSSR count). The summed E-state index contributed by atoms with van der Waals surface area (Å²) in [6.07, 6.45) is 8.14. The number of nitrogens with one attached hydrogen (secondary N) is 1. The normalized spacial score (nSPS) is 23.5. The topological polar surface area (TPSA) is 41.6 Å². The average molecular weight is 344 g/mol. The van der Waals surface area contributed by atoms with E-state index < -0.39 is 0 Å². The van der Waals surface area contributed by atoms with Gasteiger partial charge in [-0.05, 0) is 37.8 Å². The lowest BCUT2D eigenvalue weighted by Crippen LogP contribution is -2.51. The van der Waals surface area contributed by atoms with Gasteiger partial charge in [-0.15, -0.1) is 0 Å². The summed E-state index contributed by atoms with van der Waals surface area (Å²) in [6.45, 7) is 3.39. The Hall–Kier alpha value is -1.39. The van der Waals surface area contributed by atoms with E-state index in [9.17, 15) is 4.79 Å². The minimum Gasteiger partial charge on any atom is -0.384 e. The maximum Gasteiger partial charge on any atom is 0.237 e. The van der Waals surface area contributed by atoms with Crippen LogP contribution in [0.5, 0.6) is 0 Å². The van der Waals surface area contributed by atoms with Crippen LogP contribution in [0.25, 0.3) is 0 Å². The number of ether oxygens (including phenoxy) is 1. The van der Waals surface area contributed by atoms with E-state index in [0.717, 1.165) is 39.1 Å². The summed E-state index contributed by atoms with van der Waals surface area (Å²) in [5, 5.41) is 3.28. The van der Waals surface area contributed by atoms with Crippen LogP contribution in [0.3, 0.4) is 0 Å². The molecule has 1 saturated heterocycles. The van der Waals surface area contributed by atoms with Crippen LogP contribution in [-0.4, -0.2) is 43.7 Å². The van der Waals surface area contributed by atoms with Gasteiger partial charge in [-0.2, -0.15) is 0 Å². The highest BCUT2D eigenvalue weighted by Crippen LogP contribution is 2.37. The third kappa shape index (κ3) is 4.83. The second kappa shape index (κ2) is 8.81. The Bertz CT molecular complexity index is 540. The molecule has 4 heteroatoms. The molecule has 0 unspecified atom stereocenters. The molecule has 1 aliphatic heterocycles. The minimum absolute atomic E-state index is 0.00922. The van der Waals surface area contributed by atoms with Crippen molar-refractivity contribution in [2.45, 2.75) is 57.5 Å². The number of hydrogen-bond acceptors (Lipinski definition) is 3. The zero-order chi connectivity index (χ0) is 17.5. The molecule has 1 aliphatic carbocycles. The first-order valence-corrected chi connectivity index (χ1v) is 9.77. The van der Waals surface area contributed by atoms with Crippen LogP contribution in [0.1, 0.15) is 50.5 Å². The Kier molecular flexibility index (Phi) is 6.49. The number of rotatable bonds is 7. The van der Waals surface area contributed by atoms with Crippen LogP contribution in [-0.2, 0) is 16.1 Å². The molecule has 1 N–H and O–H groups in total. The third-order valence-electron chi connectivity index (χ3n) is 5.90. The van der Waals surface area contributed by atoms with Crippen LogP contribution >= 0.6 is 0 Å². The highest BCUT2D eigenvalue weighted by atomic mass is 16.5. The number of methoxy groups -OCH3 is 1. The molecule has 1 atom stereocenters. The van der Waals surface area contributed by atoms with Crippen LogP contribution in [0.2, 0.25) is 0 Å². The molecule has 2 fully saturated rings. The van der Waals surface area contributed by atoms with Crippen LogP contribution < -0.4 is 5.32 Å². The Morgan fingerprint density at radius 2 is 1.96 bits per heavy atom. The first-order valence-electron chi connectivity index (χ1n) is 9.77. The number of amides is 1. The van der Waals surface area contributed by atoms with E-state index in [1.165, 1.54) is 37.7 Å². The van der Waals surface area contributed by atoms with Crippen molar-refractivity contribution in [2.75, 3.05) is 26.8 Å². The molecule has 4 nitrogen and oxygen atoms in total. The molecule has 0 aromatic heterocycles. The average Bonchev–Trinajstić information content (AvgIpc) is 3.10. The fourth-order valence-electron chi connectivity index (χ4n) is 4.49. The van der Waals surface area contributed by atoms with Gasteiger partial charge in [-0.25, -0.2) is 0 Å². The fraction of sp³-hybridized carbons (Fsp3) is 0.667. The van der Waals surface area contributed by atoms with Crippen molar-refractivity contribution < 1.29 is 9.53 Å². The van der Waals surface area contributed by atoms with Gasteiger partial charge >= 0.3 is 0 Å². The maximum atomic E-state index is 12.9. The van der Waals surface area contributed by atoms with Crippen molar-refractivity contribution >= 4 is 5.91 Å². The lowest BCUT2D eigenvalue weighted by Gasteiger charge is -2.36. The van der Waals surface area contributed by atoms with Crippen molar-refractivity contribution in [2.24, 2.45) is 5.41 Å². The summed E-state index contributed by atoms with van der Waals surface area (Å²) in [5.41, 5.74) is 1.44. The van der Waals surface area contributed by atoms with Gasteiger partial charge in [0.1, 0.15) is 0 Å². The smallest absolute Gasteiger partial charge is 0.237 e. The summed E-state index contributed by atoms with van der Waals surface area (Å²) in [6, 6.07) is 10.5. The van der Waals surface area contributed by atoms with Gasteiger partial charge in [0.25, 0.3) is 0 Å². The van der Waals surface area contributed by atoms with Gasteiger partial charge in [-0.3, -0.25) is 9.69 Å². The SMILES string of the molecule is COCC1(CNC(=O)[C@@H]2CCCCN2Cc2ccccc2)CCCC1. The minimum atomic E-state index is 0.00922. The molecular formula is C21H32N2O2. The summed E-state index contributed by atoms with van der Waals surface area (Å²) in [7, 11) is 1.77. The molecule has 0 radical (unpaired) electrons. The van der Waals surface area contributed by atoms with E-state index >= 15 is 0 Å². The molecule has 1 saturated carbocycles. The number of hydrogen-bond donors (Lipinski definition) is 1. The zero-order valence-electron chi connectivity index (χ0n) is 15.5. The Morgan fingerprint density at radius 3 is 2.68 bits per heavy atom. The molecule has 25 heavy (non-hydrogen) atoms. The van der Waals surface area contributed by atoms with E-state index in [-0.39, 0.29) is 17.4 Å². The van der Waals surface area contributed by atoms with Crippen LogP contribution in [0.4, 0.5) is 0 Å². The second-order valence-electron chi connectivity index (χ2n) is 7.83. The van der Waals surface area contributed by atoms with Crippen molar-refractivity contribution in [3.63, 3.8) is 0 Å². The molecular weight excluding hydrogens is 312 g/mol. The molecule has 1 aromatic carbocycles. The fourth-order valence-corrected chi connectivity index (χ4v) is 4.49. The van der Waals surface area contributed by atoms with Gasteiger partial charge in [0.2, 0.25) is 5.91 Å². The van der Waals surface area contributed by atoms with E-state index in [4.69, 9.17) is 4.74 Å². The first kappa shape index (κ1) is 18.4. The predicted molar refractivity (Wildman–Crippen MR) is 100 cm³/mol. The maximum absolute atomic E-state index is 12.9. The first-order chi connectivity index (χ1) is 12.2. The summed E-state index contributed by atoms with van der Waals surface area (Å²) in [4.78, 5) is 15.3. The van der Waals surface area contributed by atoms with Crippen molar-refractivity contribution in [1.82, 2.24) is 10.2 Å². The van der Waals surface area contributed by atoms with Crippen molar-refractivity contribution in [3.05, 3.63) is 35.9 Å². The molecule has 1 heterocycles. The number of nitrogens with zero attached hydrogens (tertiary/aromatic N) is 1. The van der Waals surface area contributed by atoms with E-state index in [1.807, 2.05) is 6.07 Å². The molecule has 138 valence electrons.